The van der Waals surface area contributed by atoms with Crippen molar-refractivity contribution in [2.24, 2.45) is 0 Å². The van der Waals surface area contributed by atoms with Crippen molar-refractivity contribution in [2.45, 2.75) is 6.92 Å². The molecule has 3 aromatic rings. The molecule has 0 fully saturated rings. The predicted octanol–water partition coefficient (Wildman–Crippen LogP) is 4.15. The third-order valence-electron chi connectivity index (χ3n) is 3.65. The maximum absolute atomic E-state index is 11.7. The van der Waals surface area contributed by atoms with Crippen molar-refractivity contribution in [3.05, 3.63) is 66.4 Å². The van der Waals surface area contributed by atoms with E-state index < -0.39 is 5.97 Å². The van der Waals surface area contributed by atoms with Gasteiger partial charge in [0.2, 0.25) is 5.95 Å². The molecular weight excluding hydrogens is 344 g/mol. The molecule has 3 rings (SSSR count). The van der Waals surface area contributed by atoms with Gasteiger partial charge in [-0.3, -0.25) is 0 Å². The van der Waals surface area contributed by atoms with Crippen LogP contribution in [0.25, 0.3) is 0 Å². The number of rotatable bonds is 7. The lowest BCUT2D eigenvalue weighted by molar-refractivity contribution is 0.0601. The van der Waals surface area contributed by atoms with Crippen LogP contribution in [0.1, 0.15) is 17.3 Å². The van der Waals surface area contributed by atoms with Gasteiger partial charge in [-0.2, -0.15) is 4.98 Å². The maximum atomic E-state index is 11.7. The van der Waals surface area contributed by atoms with E-state index in [9.17, 15) is 4.79 Å². The summed E-state index contributed by atoms with van der Waals surface area (Å²) in [6.45, 7) is 2.51. The number of methoxy groups -OCH3 is 1. The topological polar surface area (TPSA) is 85.4 Å². The van der Waals surface area contributed by atoms with Crippen molar-refractivity contribution in [1.82, 2.24) is 9.97 Å². The van der Waals surface area contributed by atoms with Crippen LogP contribution < -0.4 is 15.4 Å². The number of carbonyl (C=O) groups excluding carboxylic acids is 1. The average Bonchev–Trinajstić information content (AvgIpc) is 2.69. The first-order valence-corrected chi connectivity index (χ1v) is 8.47. The van der Waals surface area contributed by atoms with Crippen molar-refractivity contribution >= 4 is 29.1 Å². The third kappa shape index (κ3) is 4.72. The summed E-state index contributed by atoms with van der Waals surface area (Å²) < 4.78 is 10.4. The van der Waals surface area contributed by atoms with E-state index in [1.165, 1.54) is 7.11 Å². The lowest BCUT2D eigenvalue weighted by atomic mass is 10.2. The zero-order valence-corrected chi connectivity index (χ0v) is 15.1. The van der Waals surface area contributed by atoms with E-state index in [1.54, 1.807) is 30.5 Å². The van der Waals surface area contributed by atoms with Crippen LogP contribution in [0.5, 0.6) is 5.75 Å². The second-order valence-electron chi connectivity index (χ2n) is 5.52. The molecule has 0 amide bonds. The predicted molar refractivity (Wildman–Crippen MR) is 104 cm³/mol. The van der Waals surface area contributed by atoms with Crippen LogP contribution in [0.3, 0.4) is 0 Å². The Hall–Kier alpha value is -3.61. The number of hydrogen-bond donors (Lipinski definition) is 2. The molecule has 27 heavy (non-hydrogen) atoms. The van der Waals surface area contributed by atoms with Gasteiger partial charge in [0.05, 0.1) is 25.0 Å². The first-order valence-electron chi connectivity index (χ1n) is 8.47. The number of anilines is 4. The number of nitrogens with one attached hydrogen (secondary N) is 2. The second-order valence-corrected chi connectivity index (χ2v) is 5.52. The summed E-state index contributed by atoms with van der Waals surface area (Å²) in [6.07, 6.45) is 1.64. The molecule has 0 unspecified atom stereocenters. The Kier molecular flexibility index (Phi) is 5.84. The highest BCUT2D eigenvalue weighted by atomic mass is 16.5. The van der Waals surface area contributed by atoms with E-state index in [2.05, 4.69) is 20.6 Å². The molecule has 0 saturated carbocycles. The molecule has 0 aliphatic heterocycles. The van der Waals surface area contributed by atoms with Gasteiger partial charge in [-0.25, -0.2) is 9.78 Å². The first kappa shape index (κ1) is 18.2. The molecule has 0 aliphatic rings. The zero-order valence-electron chi connectivity index (χ0n) is 15.1. The van der Waals surface area contributed by atoms with Gasteiger partial charge in [-0.15, -0.1) is 0 Å². The quantitative estimate of drug-likeness (QED) is 0.609. The lowest BCUT2D eigenvalue weighted by Crippen LogP contribution is -2.04. The van der Waals surface area contributed by atoms with E-state index in [4.69, 9.17) is 9.47 Å². The monoisotopic (exact) mass is 364 g/mol. The Labute approximate surface area is 157 Å². The van der Waals surface area contributed by atoms with Crippen molar-refractivity contribution in [3.63, 3.8) is 0 Å². The number of para-hydroxylation sites is 2. The minimum absolute atomic E-state index is 0.399. The molecular formula is C20H20N4O3. The molecule has 1 aromatic heterocycles. The normalized spacial score (nSPS) is 10.1. The van der Waals surface area contributed by atoms with Crippen molar-refractivity contribution in [1.29, 1.82) is 0 Å². The van der Waals surface area contributed by atoms with Gasteiger partial charge in [0.1, 0.15) is 11.6 Å². The Morgan fingerprint density at radius 2 is 1.93 bits per heavy atom. The lowest BCUT2D eigenvalue weighted by Gasteiger charge is -2.12. The molecule has 7 nitrogen and oxygen atoms in total. The van der Waals surface area contributed by atoms with E-state index in [-0.39, 0.29) is 0 Å². The Morgan fingerprint density at radius 1 is 1.07 bits per heavy atom. The van der Waals surface area contributed by atoms with Crippen LogP contribution >= 0.6 is 0 Å². The maximum Gasteiger partial charge on any atom is 0.337 e. The molecule has 0 spiro atoms. The molecule has 2 aromatic carbocycles. The van der Waals surface area contributed by atoms with Crippen LogP contribution in [-0.2, 0) is 4.74 Å². The highest BCUT2D eigenvalue weighted by Gasteiger charge is 2.08. The Bertz CT molecular complexity index is 930. The average molecular weight is 364 g/mol. The third-order valence-corrected chi connectivity index (χ3v) is 3.65. The Morgan fingerprint density at radius 3 is 2.74 bits per heavy atom. The number of esters is 1. The van der Waals surface area contributed by atoms with Crippen LogP contribution in [0, 0.1) is 0 Å². The molecule has 1 heterocycles. The fraction of sp³-hybridized carbons (Fsp3) is 0.150. The Balaban J connectivity index is 1.78. The minimum atomic E-state index is -0.400. The molecule has 0 bridgehead atoms. The van der Waals surface area contributed by atoms with Crippen LogP contribution in [0.15, 0.2) is 60.8 Å². The van der Waals surface area contributed by atoms with Gasteiger partial charge in [0.25, 0.3) is 0 Å². The second kappa shape index (κ2) is 8.66. The fourth-order valence-electron chi connectivity index (χ4n) is 2.45. The van der Waals surface area contributed by atoms with Crippen LogP contribution in [-0.4, -0.2) is 29.7 Å². The summed E-state index contributed by atoms with van der Waals surface area (Å²) in [7, 11) is 1.35. The summed E-state index contributed by atoms with van der Waals surface area (Å²) in [5.74, 6) is 1.36. The molecule has 7 heteroatoms. The summed E-state index contributed by atoms with van der Waals surface area (Å²) >= 11 is 0. The SMILES string of the molecule is CCOc1ccccc1Nc1ccnc(Nc2cccc(C(=O)OC)c2)n1. The van der Waals surface area contributed by atoms with Gasteiger partial charge in [-0.05, 0) is 43.3 Å². The molecule has 138 valence electrons. The highest BCUT2D eigenvalue weighted by molar-refractivity contribution is 5.90. The summed E-state index contributed by atoms with van der Waals surface area (Å²) in [6, 6.07) is 16.3. The first-order chi connectivity index (χ1) is 13.2. The molecule has 0 radical (unpaired) electrons. The molecule has 0 aliphatic carbocycles. The van der Waals surface area contributed by atoms with E-state index in [0.717, 1.165) is 11.4 Å². The fourth-order valence-corrected chi connectivity index (χ4v) is 2.45. The number of nitrogens with zero attached hydrogens (tertiary/aromatic N) is 2. The van der Waals surface area contributed by atoms with E-state index in [0.29, 0.717) is 29.6 Å². The molecule has 0 atom stereocenters. The zero-order chi connectivity index (χ0) is 19.1. The number of carbonyl (C=O) groups is 1. The molecule has 2 N–H and O–H groups in total. The number of hydrogen-bond acceptors (Lipinski definition) is 7. The van der Waals surface area contributed by atoms with Crippen molar-refractivity contribution < 1.29 is 14.3 Å². The van der Waals surface area contributed by atoms with Crippen LogP contribution in [0.4, 0.5) is 23.1 Å². The standard InChI is InChI=1S/C20H20N4O3/c1-3-27-17-10-5-4-9-16(17)23-18-11-12-21-20(24-18)22-15-8-6-7-14(13-15)19(25)26-2/h4-13H,3H2,1-2H3,(H2,21,22,23,24). The van der Waals surface area contributed by atoms with E-state index in [1.807, 2.05) is 37.3 Å². The number of aromatic nitrogens is 2. The van der Waals surface area contributed by atoms with Gasteiger partial charge >= 0.3 is 5.97 Å². The van der Waals surface area contributed by atoms with Gasteiger partial charge < -0.3 is 20.1 Å². The van der Waals surface area contributed by atoms with Gasteiger partial charge in [-0.1, -0.05) is 18.2 Å². The van der Waals surface area contributed by atoms with Crippen LogP contribution in [0.2, 0.25) is 0 Å². The van der Waals surface area contributed by atoms with Gasteiger partial charge in [0, 0.05) is 11.9 Å². The highest BCUT2D eigenvalue weighted by Crippen LogP contribution is 2.27. The summed E-state index contributed by atoms with van der Waals surface area (Å²) in [5, 5.41) is 6.32. The van der Waals surface area contributed by atoms with Crippen molar-refractivity contribution in [3.8, 4) is 5.75 Å². The number of ether oxygens (including phenoxy) is 2. The van der Waals surface area contributed by atoms with Crippen molar-refractivity contribution in [2.75, 3.05) is 24.4 Å². The minimum Gasteiger partial charge on any atom is -0.492 e. The largest absolute Gasteiger partial charge is 0.492 e. The number of benzene rings is 2. The summed E-state index contributed by atoms with van der Waals surface area (Å²) in [5.41, 5.74) is 1.95. The van der Waals surface area contributed by atoms with E-state index >= 15 is 0 Å². The summed E-state index contributed by atoms with van der Waals surface area (Å²) in [4.78, 5) is 20.3. The smallest absolute Gasteiger partial charge is 0.337 e. The molecule has 0 saturated heterocycles. The van der Waals surface area contributed by atoms with Gasteiger partial charge in [0.15, 0.2) is 0 Å².